The Bertz CT molecular complexity index is 549. The number of nitrogens with one attached hydrogen (secondary N) is 1. The van der Waals surface area contributed by atoms with Crippen molar-refractivity contribution in [2.24, 2.45) is 0 Å². The third-order valence-electron chi connectivity index (χ3n) is 2.70. The molecule has 1 N–H and O–H groups in total. The number of aryl methyl sites for hydroxylation is 1. The second-order valence-electron chi connectivity index (χ2n) is 4.02. The van der Waals surface area contributed by atoms with Gasteiger partial charge in [0, 0.05) is 14.4 Å². The molecule has 0 aliphatic carbocycles. The SMILES string of the molecule is CNC(c1cc(Br)c(Cl)s1)c1ccc(C)cc1Cl. The van der Waals surface area contributed by atoms with Crippen LogP contribution in [0.3, 0.4) is 0 Å². The summed E-state index contributed by atoms with van der Waals surface area (Å²) in [5.74, 6) is 0. The molecule has 0 fully saturated rings. The van der Waals surface area contributed by atoms with Gasteiger partial charge >= 0.3 is 0 Å². The zero-order valence-corrected chi connectivity index (χ0v) is 13.8. The third-order valence-corrected chi connectivity index (χ3v) is 5.57. The predicted molar refractivity (Wildman–Crippen MR) is 84.1 cm³/mol. The minimum atomic E-state index is 0.0619. The molecule has 1 heterocycles. The molecule has 96 valence electrons. The highest BCUT2D eigenvalue weighted by molar-refractivity contribution is 9.10. The summed E-state index contributed by atoms with van der Waals surface area (Å²) in [5, 5.41) is 4.06. The highest BCUT2D eigenvalue weighted by Gasteiger charge is 2.18. The third kappa shape index (κ3) is 2.91. The molecule has 0 aliphatic rings. The van der Waals surface area contributed by atoms with Crippen molar-refractivity contribution in [1.29, 1.82) is 0 Å². The first-order chi connectivity index (χ1) is 8.52. The summed E-state index contributed by atoms with van der Waals surface area (Å²) in [5.41, 5.74) is 2.22. The summed E-state index contributed by atoms with van der Waals surface area (Å²) >= 11 is 17.4. The lowest BCUT2D eigenvalue weighted by Gasteiger charge is -2.16. The van der Waals surface area contributed by atoms with Crippen molar-refractivity contribution in [3.05, 3.63) is 54.1 Å². The molecule has 0 saturated heterocycles. The molecule has 0 amide bonds. The van der Waals surface area contributed by atoms with Crippen molar-refractivity contribution in [2.45, 2.75) is 13.0 Å². The first-order valence-corrected chi connectivity index (χ1v) is 7.77. The maximum Gasteiger partial charge on any atom is 0.107 e. The van der Waals surface area contributed by atoms with E-state index in [0.29, 0.717) is 0 Å². The highest BCUT2D eigenvalue weighted by Crippen LogP contribution is 2.38. The minimum absolute atomic E-state index is 0.0619. The van der Waals surface area contributed by atoms with Crippen molar-refractivity contribution in [3.63, 3.8) is 0 Å². The molecule has 1 aromatic carbocycles. The van der Waals surface area contributed by atoms with Gasteiger partial charge in [0.25, 0.3) is 0 Å². The number of hydrogen-bond donors (Lipinski definition) is 1. The van der Waals surface area contributed by atoms with Gasteiger partial charge in [-0.05, 0) is 53.2 Å². The van der Waals surface area contributed by atoms with E-state index in [1.54, 1.807) is 11.3 Å². The van der Waals surface area contributed by atoms with Crippen molar-refractivity contribution in [1.82, 2.24) is 5.32 Å². The van der Waals surface area contributed by atoms with E-state index in [1.807, 2.05) is 26.1 Å². The fourth-order valence-corrected chi connectivity index (χ4v) is 4.03. The predicted octanol–water partition coefficient (Wildman–Crippen LogP) is 5.43. The molecule has 0 saturated carbocycles. The molecule has 1 aromatic heterocycles. The van der Waals surface area contributed by atoms with E-state index in [4.69, 9.17) is 23.2 Å². The molecule has 0 aliphatic heterocycles. The second-order valence-corrected chi connectivity index (χ2v) is 6.96. The molecule has 0 spiro atoms. The van der Waals surface area contributed by atoms with Crippen LogP contribution in [0, 0.1) is 6.92 Å². The Labute approximate surface area is 129 Å². The Kier molecular flexibility index (Phi) is 4.73. The number of hydrogen-bond acceptors (Lipinski definition) is 2. The lowest BCUT2D eigenvalue weighted by atomic mass is 10.0. The molecule has 0 bridgehead atoms. The smallest absolute Gasteiger partial charge is 0.107 e. The van der Waals surface area contributed by atoms with E-state index in [1.165, 1.54) is 0 Å². The van der Waals surface area contributed by atoms with E-state index >= 15 is 0 Å². The average molecular weight is 365 g/mol. The Balaban J connectivity index is 2.45. The van der Waals surface area contributed by atoms with Gasteiger partial charge in [0.05, 0.1) is 6.04 Å². The molecule has 0 radical (unpaired) electrons. The van der Waals surface area contributed by atoms with Crippen LogP contribution in [0.1, 0.15) is 22.0 Å². The van der Waals surface area contributed by atoms with Gasteiger partial charge in [-0.2, -0.15) is 0 Å². The monoisotopic (exact) mass is 363 g/mol. The van der Waals surface area contributed by atoms with Crippen LogP contribution in [0.25, 0.3) is 0 Å². The summed E-state index contributed by atoms with van der Waals surface area (Å²) in [4.78, 5) is 1.14. The number of rotatable bonds is 3. The minimum Gasteiger partial charge on any atom is -0.309 e. The van der Waals surface area contributed by atoms with Crippen LogP contribution in [0.5, 0.6) is 0 Å². The molecule has 5 heteroatoms. The van der Waals surface area contributed by atoms with Gasteiger partial charge in [0.15, 0.2) is 0 Å². The molecule has 1 atom stereocenters. The average Bonchev–Trinajstić information content (AvgIpc) is 2.63. The molecule has 1 unspecified atom stereocenters. The maximum atomic E-state index is 6.32. The molecular formula is C13H12BrCl2NS. The summed E-state index contributed by atoms with van der Waals surface area (Å²) in [6, 6.07) is 8.19. The van der Waals surface area contributed by atoms with Gasteiger partial charge in [-0.1, -0.05) is 35.3 Å². The molecule has 1 nitrogen and oxygen atoms in total. The lowest BCUT2D eigenvalue weighted by Crippen LogP contribution is -2.16. The maximum absolute atomic E-state index is 6.32. The van der Waals surface area contributed by atoms with E-state index in [2.05, 4.69) is 33.4 Å². The van der Waals surface area contributed by atoms with Crippen molar-refractivity contribution < 1.29 is 0 Å². The van der Waals surface area contributed by atoms with Crippen LogP contribution in [-0.2, 0) is 0 Å². The Morgan fingerprint density at radius 1 is 1.28 bits per heavy atom. The van der Waals surface area contributed by atoms with Crippen molar-refractivity contribution in [2.75, 3.05) is 7.05 Å². The van der Waals surface area contributed by atoms with E-state index in [-0.39, 0.29) is 6.04 Å². The van der Waals surface area contributed by atoms with Gasteiger partial charge in [-0.3, -0.25) is 0 Å². The number of thiophene rings is 1. The fraction of sp³-hybridized carbons (Fsp3) is 0.231. The van der Waals surface area contributed by atoms with Gasteiger partial charge in [0.1, 0.15) is 4.34 Å². The zero-order chi connectivity index (χ0) is 13.3. The van der Waals surface area contributed by atoms with E-state index in [0.717, 1.165) is 29.8 Å². The Morgan fingerprint density at radius 2 is 2.00 bits per heavy atom. The van der Waals surface area contributed by atoms with Crippen LogP contribution in [0.2, 0.25) is 9.36 Å². The van der Waals surface area contributed by atoms with Gasteiger partial charge < -0.3 is 5.32 Å². The summed E-state index contributed by atoms with van der Waals surface area (Å²) < 4.78 is 1.68. The lowest BCUT2D eigenvalue weighted by molar-refractivity contribution is 0.703. The fourth-order valence-electron chi connectivity index (χ4n) is 1.82. The quantitative estimate of drug-likeness (QED) is 0.765. The van der Waals surface area contributed by atoms with Gasteiger partial charge in [-0.25, -0.2) is 0 Å². The van der Waals surface area contributed by atoms with E-state index < -0.39 is 0 Å². The molecular weight excluding hydrogens is 353 g/mol. The first kappa shape index (κ1) is 14.4. The van der Waals surface area contributed by atoms with Crippen molar-refractivity contribution >= 4 is 50.5 Å². The Hall–Kier alpha value is -0.0600. The first-order valence-electron chi connectivity index (χ1n) is 5.41. The van der Waals surface area contributed by atoms with Gasteiger partial charge in [-0.15, -0.1) is 11.3 Å². The summed E-state index contributed by atoms with van der Waals surface area (Å²) in [7, 11) is 1.92. The van der Waals surface area contributed by atoms with Crippen LogP contribution >= 0.6 is 50.5 Å². The molecule has 2 rings (SSSR count). The number of halogens is 3. The topological polar surface area (TPSA) is 12.0 Å². The van der Waals surface area contributed by atoms with Crippen LogP contribution in [0.4, 0.5) is 0 Å². The highest BCUT2D eigenvalue weighted by atomic mass is 79.9. The normalized spacial score (nSPS) is 12.7. The van der Waals surface area contributed by atoms with Crippen molar-refractivity contribution in [3.8, 4) is 0 Å². The number of benzene rings is 1. The molecule has 2 aromatic rings. The van der Waals surface area contributed by atoms with Crippen LogP contribution in [-0.4, -0.2) is 7.05 Å². The largest absolute Gasteiger partial charge is 0.309 e. The van der Waals surface area contributed by atoms with Crippen LogP contribution in [0.15, 0.2) is 28.7 Å². The summed E-state index contributed by atoms with van der Waals surface area (Å²) in [6.07, 6.45) is 0. The standard InChI is InChI=1S/C13H12BrCl2NS/c1-7-3-4-8(10(15)5-7)12(17-2)11-6-9(14)13(16)18-11/h3-6,12,17H,1-2H3. The molecule has 18 heavy (non-hydrogen) atoms. The zero-order valence-electron chi connectivity index (χ0n) is 9.93. The Morgan fingerprint density at radius 3 is 2.50 bits per heavy atom. The second kappa shape index (κ2) is 5.93. The van der Waals surface area contributed by atoms with Gasteiger partial charge in [0.2, 0.25) is 0 Å². The van der Waals surface area contributed by atoms with E-state index in [9.17, 15) is 0 Å². The van der Waals surface area contributed by atoms with Crippen LogP contribution < -0.4 is 5.32 Å². The summed E-state index contributed by atoms with van der Waals surface area (Å²) in [6.45, 7) is 2.03.